The second-order valence-electron chi connectivity index (χ2n) is 7.22. The first-order valence-corrected chi connectivity index (χ1v) is 10.6. The molecule has 3 aromatic carbocycles. The summed E-state index contributed by atoms with van der Waals surface area (Å²) in [7, 11) is -3.59. The summed E-state index contributed by atoms with van der Waals surface area (Å²) in [5.41, 5.74) is 5.23. The molecule has 0 saturated heterocycles. The summed E-state index contributed by atoms with van der Waals surface area (Å²) < 4.78 is 28.3. The van der Waals surface area contributed by atoms with Crippen molar-refractivity contribution in [2.45, 2.75) is 31.6 Å². The van der Waals surface area contributed by atoms with Gasteiger partial charge in [0, 0.05) is 6.54 Å². The first kappa shape index (κ1) is 17.8. The quantitative estimate of drug-likeness (QED) is 0.604. The Morgan fingerprint density at radius 2 is 1.74 bits per heavy atom. The highest BCUT2D eigenvalue weighted by Gasteiger charge is 2.33. The van der Waals surface area contributed by atoms with Gasteiger partial charge >= 0.3 is 0 Å². The molecule has 0 aliphatic carbocycles. The number of aryl methyl sites for hydroxylation is 2. The third kappa shape index (κ3) is 2.94. The van der Waals surface area contributed by atoms with Gasteiger partial charge in [-0.2, -0.15) is 0 Å². The van der Waals surface area contributed by atoms with Crippen LogP contribution in [0.1, 0.15) is 22.3 Å². The van der Waals surface area contributed by atoms with Gasteiger partial charge in [-0.05, 0) is 66.8 Å². The van der Waals surface area contributed by atoms with Crippen molar-refractivity contribution in [1.29, 1.82) is 0 Å². The lowest BCUT2D eigenvalue weighted by Crippen LogP contribution is -2.29. The molecule has 0 atom stereocenters. The Balaban J connectivity index is 1.93. The molecular weight excluding hydrogens is 354 g/mol. The fourth-order valence-electron chi connectivity index (χ4n) is 3.92. The summed E-state index contributed by atoms with van der Waals surface area (Å²) >= 11 is 0. The minimum atomic E-state index is -3.59. The van der Waals surface area contributed by atoms with Crippen LogP contribution in [0.25, 0.3) is 10.8 Å². The molecule has 4 rings (SSSR count). The van der Waals surface area contributed by atoms with Crippen LogP contribution in [-0.4, -0.2) is 15.0 Å². The number of nitrogens with zero attached hydrogens (tertiary/aromatic N) is 1. The molecule has 1 aliphatic heterocycles. The lowest BCUT2D eigenvalue weighted by Gasteiger charge is -2.23. The maximum atomic E-state index is 13.4. The maximum Gasteiger partial charge on any atom is 0.264 e. The summed E-state index contributed by atoms with van der Waals surface area (Å²) in [6.07, 6.45) is 3.22. The molecule has 0 amide bonds. The van der Waals surface area contributed by atoms with Crippen molar-refractivity contribution in [2.24, 2.45) is 0 Å². The normalized spacial score (nSPS) is 13.8. The van der Waals surface area contributed by atoms with Crippen LogP contribution in [0.5, 0.6) is 0 Å². The second kappa shape index (κ2) is 6.54. The zero-order valence-electron chi connectivity index (χ0n) is 15.7. The average Bonchev–Trinajstić information content (AvgIpc) is 3.06. The minimum absolute atomic E-state index is 0.342. The van der Waals surface area contributed by atoms with Gasteiger partial charge in [0.2, 0.25) is 0 Å². The van der Waals surface area contributed by atoms with Crippen LogP contribution < -0.4 is 4.31 Å². The van der Waals surface area contributed by atoms with E-state index < -0.39 is 10.0 Å². The molecule has 0 saturated carbocycles. The van der Waals surface area contributed by atoms with Crippen LogP contribution in [0.3, 0.4) is 0 Å². The molecule has 0 bridgehead atoms. The van der Waals surface area contributed by atoms with Crippen LogP contribution in [0, 0.1) is 13.8 Å². The molecule has 1 heterocycles. The van der Waals surface area contributed by atoms with Gasteiger partial charge in [-0.25, -0.2) is 8.42 Å². The maximum absolute atomic E-state index is 13.4. The number of allylic oxidation sites excluding steroid dienone is 1. The molecule has 0 radical (unpaired) electrons. The molecule has 4 heteroatoms. The molecule has 3 nitrogen and oxygen atoms in total. The average molecular weight is 378 g/mol. The standard InChI is InChI=1S/C23H23NO2S/c1-4-5-22-21-11-8-17(3)14-19(21)15-18-12-13-24(23(18)22)27(25,26)20-9-6-16(2)7-10-20/h4,6-11,14-15H,1,5,12-13H2,2-3H3. The van der Waals surface area contributed by atoms with E-state index in [2.05, 4.69) is 37.8 Å². The first-order valence-electron chi connectivity index (χ1n) is 9.17. The molecule has 0 fully saturated rings. The summed E-state index contributed by atoms with van der Waals surface area (Å²) in [5, 5.41) is 2.27. The third-order valence-electron chi connectivity index (χ3n) is 5.24. The van der Waals surface area contributed by atoms with Gasteiger partial charge in [0.05, 0.1) is 10.6 Å². The topological polar surface area (TPSA) is 37.4 Å². The Kier molecular flexibility index (Phi) is 4.31. The second-order valence-corrected chi connectivity index (χ2v) is 9.08. The van der Waals surface area contributed by atoms with Crippen LogP contribution in [0.2, 0.25) is 0 Å². The molecule has 0 N–H and O–H groups in total. The zero-order valence-corrected chi connectivity index (χ0v) is 16.5. The molecule has 0 aromatic heterocycles. The van der Waals surface area contributed by atoms with E-state index >= 15 is 0 Å². The Hall–Kier alpha value is -2.59. The van der Waals surface area contributed by atoms with E-state index in [0.29, 0.717) is 17.9 Å². The Morgan fingerprint density at radius 1 is 1.04 bits per heavy atom. The van der Waals surface area contributed by atoms with Gasteiger partial charge in [-0.15, -0.1) is 6.58 Å². The Bertz CT molecular complexity index is 1150. The molecule has 1 aliphatic rings. The van der Waals surface area contributed by atoms with E-state index in [9.17, 15) is 8.42 Å². The van der Waals surface area contributed by atoms with Gasteiger partial charge in [-0.1, -0.05) is 47.5 Å². The molecule has 0 spiro atoms. The van der Waals surface area contributed by atoms with Gasteiger partial charge in [-0.3, -0.25) is 4.31 Å². The SMILES string of the molecule is C=CCc1c2c(cc3cc(C)ccc13)CCN2S(=O)(=O)c1ccc(C)cc1. The lowest BCUT2D eigenvalue weighted by atomic mass is 9.95. The van der Waals surface area contributed by atoms with Crippen molar-refractivity contribution in [1.82, 2.24) is 0 Å². The summed E-state index contributed by atoms with van der Waals surface area (Å²) in [4.78, 5) is 0.342. The highest BCUT2D eigenvalue weighted by atomic mass is 32.2. The van der Waals surface area contributed by atoms with Crippen molar-refractivity contribution >= 4 is 26.5 Å². The van der Waals surface area contributed by atoms with Crippen LogP contribution in [0.15, 0.2) is 66.1 Å². The fourth-order valence-corrected chi connectivity index (χ4v) is 5.45. The van der Waals surface area contributed by atoms with Crippen molar-refractivity contribution in [3.63, 3.8) is 0 Å². The number of benzene rings is 3. The predicted molar refractivity (Wildman–Crippen MR) is 112 cm³/mol. The number of hydrogen-bond donors (Lipinski definition) is 0. The van der Waals surface area contributed by atoms with Crippen molar-refractivity contribution in [2.75, 3.05) is 10.8 Å². The number of fused-ring (bicyclic) bond motifs is 2. The molecule has 27 heavy (non-hydrogen) atoms. The highest BCUT2D eigenvalue weighted by molar-refractivity contribution is 7.92. The van der Waals surface area contributed by atoms with Crippen molar-refractivity contribution in [3.05, 3.63) is 83.4 Å². The van der Waals surface area contributed by atoms with E-state index in [1.165, 1.54) is 10.9 Å². The van der Waals surface area contributed by atoms with Crippen LogP contribution in [0.4, 0.5) is 5.69 Å². The van der Waals surface area contributed by atoms with Crippen LogP contribution >= 0.6 is 0 Å². The highest BCUT2D eigenvalue weighted by Crippen LogP contribution is 2.40. The van der Waals surface area contributed by atoms with E-state index in [1.807, 2.05) is 25.1 Å². The predicted octanol–water partition coefficient (Wildman–Crippen LogP) is 4.94. The summed E-state index contributed by atoms with van der Waals surface area (Å²) in [6, 6.07) is 15.6. The number of sulfonamides is 1. The smallest absolute Gasteiger partial charge is 0.264 e. The fraction of sp³-hybridized carbons (Fsp3) is 0.217. The van der Waals surface area contributed by atoms with Crippen LogP contribution in [-0.2, 0) is 22.9 Å². The molecule has 3 aromatic rings. The van der Waals surface area contributed by atoms with E-state index in [-0.39, 0.29) is 0 Å². The van der Waals surface area contributed by atoms with Gasteiger partial charge < -0.3 is 0 Å². The zero-order chi connectivity index (χ0) is 19.2. The van der Waals surface area contributed by atoms with Crippen molar-refractivity contribution in [3.8, 4) is 0 Å². The Morgan fingerprint density at radius 3 is 2.44 bits per heavy atom. The number of rotatable bonds is 4. The number of hydrogen-bond acceptors (Lipinski definition) is 2. The molecule has 138 valence electrons. The molecular formula is C23H23NO2S. The van der Waals surface area contributed by atoms with E-state index in [4.69, 9.17) is 0 Å². The van der Waals surface area contributed by atoms with Crippen molar-refractivity contribution < 1.29 is 8.42 Å². The minimum Gasteiger partial charge on any atom is -0.265 e. The van der Waals surface area contributed by atoms with E-state index in [1.54, 1.807) is 16.4 Å². The lowest BCUT2D eigenvalue weighted by molar-refractivity contribution is 0.592. The monoisotopic (exact) mass is 377 g/mol. The molecule has 0 unspecified atom stereocenters. The summed E-state index contributed by atoms with van der Waals surface area (Å²) in [6.45, 7) is 8.40. The largest absolute Gasteiger partial charge is 0.265 e. The van der Waals surface area contributed by atoms with Gasteiger partial charge in [0.25, 0.3) is 10.0 Å². The summed E-state index contributed by atoms with van der Waals surface area (Å²) in [5.74, 6) is 0. The van der Waals surface area contributed by atoms with Gasteiger partial charge in [0.1, 0.15) is 0 Å². The number of anilines is 1. The Labute approximate surface area is 161 Å². The first-order chi connectivity index (χ1) is 12.9. The third-order valence-corrected chi connectivity index (χ3v) is 7.06. The van der Waals surface area contributed by atoms with E-state index in [0.717, 1.165) is 34.2 Å². The van der Waals surface area contributed by atoms with Gasteiger partial charge in [0.15, 0.2) is 0 Å².